The van der Waals surface area contributed by atoms with Crippen LogP contribution in [0.25, 0.3) is 11.0 Å². The first-order valence-electron chi connectivity index (χ1n) is 6.03. The number of para-hydroxylation sites is 2. The van der Waals surface area contributed by atoms with Gasteiger partial charge >= 0.3 is 0 Å². The molecule has 0 N–H and O–H groups in total. The van der Waals surface area contributed by atoms with Gasteiger partial charge in [0.2, 0.25) is 5.95 Å². The smallest absolute Gasteiger partial charge is 0.206 e. The highest BCUT2D eigenvalue weighted by molar-refractivity contribution is 5.78. The van der Waals surface area contributed by atoms with Crippen molar-refractivity contribution in [3.8, 4) is 0 Å². The van der Waals surface area contributed by atoms with Crippen molar-refractivity contribution in [1.29, 1.82) is 0 Å². The van der Waals surface area contributed by atoms with Crippen molar-refractivity contribution < 1.29 is 0 Å². The summed E-state index contributed by atoms with van der Waals surface area (Å²) in [7, 11) is 2.09. The van der Waals surface area contributed by atoms with Crippen LogP contribution in [0.3, 0.4) is 0 Å². The molecule has 1 aliphatic rings. The van der Waals surface area contributed by atoms with Gasteiger partial charge in [-0.2, -0.15) is 0 Å². The summed E-state index contributed by atoms with van der Waals surface area (Å²) < 4.78 is 2.18. The fourth-order valence-electron chi connectivity index (χ4n) is 1.93. The molecule has 0 unspecified atom stereocenters. The Bertz CT molecular complexity index is 469. The van der Waals surface area contributed by atoms with E-state index < -0.39 is 0 Å². The van der Waals surface area contributed by atoms with Crippen molar-refractivity contribution in [2.75, 3.05) is 18.0 Å². The molecule has 3 heteroatoms. The highest BCUT2D eigenvalue weighted by Gasteiger charge is 2.19. The molecule has 3 nitrogen and oxygen atoms in total. The molecule has 0 saturated carbocycles. The van der Waals surface area contributed by atoms with Crippen molar-refractivity contribution in [3.63, 3.8) is 0 Å². The van der Waals surface area contributed by atoms with Crippen molar-refractivity contribution in [1.82, 2.24) is 9.55 Å². The molecule has 1 aromatic heterocycles. The van der Waals surface area contributed by atoms with Gasteiger partial charge in [0.25, 0.3) is 0 Å². The number of imidazole rings is 1. The van der Waals surface area contributed by atoms with E-state index >= 15 is 0 Å². The van der Waals surface area contributed by atoms with Gasteiger partial charge in [0, 0.05) is 20.1 Å². The van der Waals surface area contributed by atoms with E-state index in [0.717, 1.165) is 24.6 Å². The molecule has 2 heterocycles. The van der Waals surface area contributed by atoms with E-state index in [-0.39, 0.29) is 0 Å². The third kappa shape index (κ3) is 1.66. The highest BCUT2D eigenvalue weighted by Crippen LogP contribution is 2.23. The third-order valence-corrected chi connectivity index (χ3v) is 2.90. The van der Waals surface area contributed by atoms with Gasteiger partial charge in [-0.25, -0.2) is 4.98 Å². The van der Waals surface area contributed by atoms with E-state index in [2.05, 4.69) is 39.7 Å². The number of aromatic nitrogens is 2. The van der Waals surface area contributed by atoms with Gasteiger partial charge in [-0.15, -0.1) is 0 Å². The number of benzene rings is 1. The number of rotatable bonds is 1. The van der Waals surface area contributed by atoms with E-state index in [1.165, 1.54) is 11.9 Å². The third-order valence-electron chi connectivity index (χ3n) is 2.90. The van der Waals surface area contributed by atoms with Crippen LogP contribution in [0.15, 0.2) is 24.3 Å². The van der Waals surface area contributed by atoms with Gasteiger partial charge in [-0.3, -0.25) is 0 Å². The summed E-state index contributed by atoms with van der Waals surface area (Å²) in [5.41, 5.74) is 2.31. The average Bonchev–Trinajstić information content (AvgIpc) is 2.58. The summed E-state index contributed by atoms with van der Waals surface area (Å²) in [5.74, 6) is 1.11. The minimum atomic E-state index is 1.09. The molecule has 0 atom stereocenters. The Labute approximate surface area is 96.7 Å². The maximum Gasteiger partial charge on any atom is 0.206 e. The molecular weight excluding hydrogens is 198 g/mol. The second kappa shape index (κ2) is 4.56. The lowest BCUT2D eigenvalue weighted by atomic mass is 10.2. The number of aryl methyl sites for hydroxylation is 1. The van der Waals surface area contributed by atoms with Gasteiger partial charge in [0.1, 0.15) is 0 Å². The second-order valence-corrected chi connectivity index (χ2v) is 3.80. The Hall–Kier alpha value is -1.51. The van der Waals surface area contributed by atoms with E-state index in [9.17, 15) is 0 Å². The summed E-state index contributed by atoms with van der Waals surface area (Å²) >= 11 is 0. The molecular formula is C13H19N3. The molecule has 0 aliphatic carbocycles. The van der Waals surface area contributed by atoms with Crippen molar-refractivity contribution in [2.45, 2.75) is 20.3 Å². The number of hydrogen-bond donors (Lipinski definition) is 0. The average molecular weight is 217 g/mol. The summed E-state index contributed by atoms with van der Waals surface area (Å²) in [6.45, 7) is 6.30. The monoisotopic (exact) mass is 217 g/mol. The van der Waals surface area contributed by atoms with Crippen LogP contribution in [0.5, 0.6) is 0 Å². The van der Waals surface area contributed by atoms with E-state index in [1.54, 1.807) is 0 Å². The number of hydrogen-bond acceptors (Lipinski definition) is 2. The molecule has 1 fully saturated rings. The first-order chi connectivity index (χ1) is 7.86. The predicted molar refractivity (Wildman–Crippen MR) is 68.9 cm³/mol. The van der Waals surface area contributed by atoms with Crippen LogP contribution in [0, 0.1) is 0 Å². The van der Waals surface area contributed by atoms with Crippen LogP contribution in [0.2, 0.25) is 0 Å². The number of anilines is 1. The summed E-state index contributed by atoms with van der Waals surface area (Å²) in [6.07, 6.45) is 1.29. The zero-order valence-corrected chi connectivity index (χ0v) is 10.3. The van der Waals surface area contributed by atoms with E-state index in [0.29, 0.717) is 0 Å². The minimum Gasteiger partial charge on any atom is -0.342 e. The molecule has 86 valence electrons. The topological polar surface area (TPSA) is 21.1 Å². The predicted octanol–water partition coefficient (Wildman–Crippen LogP) is 2.81. The molecule has 0 radical (unpaired) electrons. The van der Waals surface area contributed by atoms with Crippen LogP contribution < -0.4 is 4.90 Å². The lowest BCUT2D eigenvalue weighted by molar-refractivity contribution is 0.591. The molecule has 0 amide bonds. The standard InChI is InChI=1S/C11H13N3.C2H6/c1-13-10-6-3-2-5-9(10)12-11(13)14-7-4-8-14;1-2/h2-3,5-6H,4,7-8H2,1H3;1-2H3. The molecule has 3 rings (SSSR count). The lowest BCUT2D eigenvalue weighted by Crippen LogP contribution is -2.38. The molecule has 2 aromatic rings. The largest absolute Gasteiger partial charge is 0.342 e. The lowest BCUT2D eigenvalue weighted by Gasteiger charge is -2.31. The molecule has 0 bridgehead atoms. The van der Waals surface area contributed by atoms with Crippen molar-refractivity contribution in [3.05, 3.63) is 24.3 Å². The molecule has 1 saturated heterocycles. The van der Waals surface area contributed by atoms with Gasteiger partial charge in [-0.1, -0.05) is 26.0 Å². The first-order valence-corrected chi connectivity index (χ1v) is 6.03. The van der Waals surface area contributed by atoms with E-state index in [4.69, 9.17) is 0 Å². The highest BCUT2D eigenvalue weighted by atomic mass is 15.3. The SMILES string of the molecule is CC.Cn1c(N2CCC2)nc2ccccc21. The molecule has 16 heavy (non-hydrogen) atoms. The van der Waals surface area contributed by atoms with Crippen LogP contribution >= 0.6 is 0 Å². The zero-order valence-electron chi connectivity index (χ0n) is 10.3. The zero-order chi connectivity index (χ0) is 11.5. The van der Waals surface area contributed by atoms with E-state index in [1.807, 2.05) is 19.9 Å². The van der Waals surface area contributed by atoms with Crippen LogP contribution in [0.4, 0.5) is 5.95 Å². The number of fused-ring (bicyclic) bond motifs is 1. The Morgan fingerprint density at radius 2 is 1.81 bits per heavy atom. The Kier molecular flexibility index (Phi) is 3.13. The fraction of sp³-hybridized carbons (Fsp3) is 0.462. The molecule has 1 aromatic carbocycles. The summed E-state index contributed by atoms with van der Waals surface area (Å²) in [4.78, 5) is 6.94. The van der Waals surface area contributed by atoms with Gasteiger partial charge in [0.05, 0.1) is 11.0 Å². The molecule has 0 spiro atoms. The van der Waals surface area contributed by atoms with Crippen LogP contribution in [-0.4, -0.2) is 22.6 Å². The van der Waals surface area contributed by atoms with Crippen LogP contribution in [-0.2, 0) is 7.05 Å². The van der Waals surface area contributed by atoms with Gasteiger partial charge < -0.3 is 9.47 Å². The minimum absolute atomic E-state index is 1.09. The Morgan fingerprint density at radius 1 is 1.12 bits per heavy atom. The maximum absolute atomic E-state index is 4.62. The summed E-state index contributed by atoms with van der Waals surface area (Å²) in [5, 5.41) is 0. The number of nitrogens with zero attached hydrogens (tertiary/aromatic N) is 3. The van der Waals surface area contributed by atoms with Crippen LogP contribution in [0.1, 0.15) is 20.3 Å². The maximum atomic E-state index is 4.62. The van der Waals surface area contributed by atoms with Crippen molar-refractivity contribution >= 4 is 17.0 Å². The normalized spacial score (nSPS) is 14.3. The van der Waals surface area contributed by atoms with Gasteiger partial charge in [-0.05, 0) is 18.6 Å². The van der Waals surface area contributed by atoms with Gasteiger partial charge in [0.15, 0.2) is 0 Å². The summed E-state index contributed by atoms with van der Waals surface area (Å²) in [6, 6.07) is 8.28. The van der Waals surface area contributed by atoms with Crippen molar-refractivity contribution in [2.24, 2.45) is 7.05 Å². The Morgan fingerprint density at radius 3 is 2.38 bits per heavy atom. The quantitative estimate of drug-likeness (QED) is 0.732. The fourth-order valence-corrected chi connectivity index (χ4v) is 1.93. The Balaban J connectivity index is 0.000000457. The molecule has 1 aliphatic heterocycles. The first kappa shape index (κ1) is 11.0. The second-order valence-electron chi connectivity index (χ2n) is 3.80.